The van der Waals surface area contributed by atoms with Crippen molar-refractivity contribution in [1.29, 1.82) is 0 Å². The minimum atomic E-state index is -3.17. The summed E-state index contributed by atoms with van der Waals surface area (Å²) in [7, 11) is -3.17. The number of halogens is 1. The van der Waals surface area contributed by atoms with Gasteiger partial charge in [-0.2, -0.15) is 0 Å². The number of rotatable bonds is 5. The molecule has 0 amide bonds. The first-order valence-corrected chi connectivity index (χ1v) is 8.57. The van der Waals surface area contributed by atoms with Crippen LogP contribution >= 0.6 is 11.6 Å². The lowest BCUT2D eigenvalue weighted by atomic mass is 9.81. The number of sulfonamides is 1. The van der Waals surface area contributed by atoms with Gasteiger partial charge in [0.1, 0.15) is 0 Å². The van der Waals surface area contributed by atoms with Crippen molar-refractivity contribution >= 4 is 21.6 Å². The summed E-state index contributed by atoms with van der Waals surface area (Å²) in [6, 6.07) is 0.112. The maximum atomic E-state index is 11.9. The standard InChI is InChI=1S/C12H24ClNO2S/c1-9-4-10(2)6-12(5-9)14-17(15,16)8-11(3)7-13/h9-12,14H,4-8H2,1-3H3. The summed E-state index contributed by atoms with van der Waals surface area (Å²) in [6.07, 6.45) is 3.12. The van der Waals surface area contributed by atoms with Crippen molar-refractivity contribution in [1.82, 2.24) is 4.72 Å². The van der Waals surface area contributed by atoms with Crippen LogP contribution in [0.5, 0.6) is 0 Å². The largest absolute Gasteiger partial charge is 0.212 e. The first-order valence-electron chi connectivity index (χ1n) is 6.38. The molecule has 0 saturated heterocycles. The lowest BCUT2D eigenvalue weighted by molar-refractivity contribution is 0.257. The summed E-state index contributed by atoms with van der Waals surface area (Å²) in [5.41, 5.74) is 0. The highest BCUT2D eigenvalue weighted by Gasteiger charge is 2.27. The molecule has 3 unspecified atom stereocenters. The van der Waals surface area contributed by atoms with Crippen molar-refractivity contribution in [3.05, 3.63) is 0 Å². The maximum Gasteiger partial charge on any atom is 0.212 e. The second-order valence-electron chi connectivity index (χ2n) is 5.77. The Morgan fingerprint density at radius 3 is 2.24 bits per heavy atom. The van der Waals surface area contributed by atoms with Crippen molar-refractivity contribution < 1.29 is 8.42 Å². The molecule has 3 atom stereocenters. The third-order valence-corrected chi connectivity index (χ3v) is 5.52. The smallest absolute Gasteiger partial charge is 0.212 e. The van der Waals surface area contributed by atoms with Gasteiger partial charge in [-0.25, -0.2) is 13.1 Å². The van der Waals surface area contributed by atoms with E-state index in [1.54, 1.807) is 0 Å². The normalized spacial score (nSPS) is 32.4. The average molecular weight is 282 g/mol. The van der Waals surface area contributed by atoms with Crippen molar-refractivity contribution in [2.45, 2.75) is 46.1 Å². The molecule has 0 heterocycles. The molecule has 1 N–H and O–H groups in total. The summed E-state index contributed by atoms with van der Waals surface area (Å²) in [4.78, 5) is 0. The van der Waals surface area contributed by atoms with E-state index in [2.05, 4.69) is 18.6 Å². The van der Waals surface area contributed by atoms with Gasteiger partial charge in [0.05, 0.1) is 5.75 Å². The lowest BCUT2D eigenvalue weighted by Crippen LogP contribution is -2.42. The fraction of sp³-hybridized carbons (Fsp3) is 1.00. The highest BCUT2D eigenvalue weighted by atomic mass is 35.5. The molecule has 0 spiro atoms. The summed E-state index contributed by atoms with van der Waals surface area (Å²) >= 11 is 5.65. The molecule has 0 radical (unpaired) electrons. The van der Waals surface area contributed by atoms with Crippen molar-refractivity contribution in [3.8, 4) is 0 Å². The minimum Gasteiger partial charge on any atom is -0.212 e. The molecule has 1 rings (SSSR count). The minimum absolute atomic E-state index is 0.00704. The van der Waals surface area contributed by atoms with Gasteiger partial charge >= 0.3 is 0 Å². The Bertz CT molecular complexity index is 321. The predicted octanol–water partition coefficient (Wildman–Crippen LogP) is 2.61. The molecule has 1 aliphatic rings. The first-order chi connectivity index (χ1) is 7.82. The molecule has 17 heavy (non-hydrogen) atoms. The number of alkyl halides is 1. The highest BCUT2D eigenvalue weighted by Crippen LogP contribution is 2.28. The quantitative estimate of drug-likeness (QED) is 0.788. The van der Waals surface area contributed by atoms with Crippen LogP contribution in [0.2, 0.25) is 0 Å². The predicted molar refractivity (Wildman–Crippen MR) is 72.8 cm³/mol. The number of hydrogen-bond donors (Lipinski definition) is 1. The SMILES string of the molecule is CC1CC(C)CC(NS(=O)(=O)CC(C)CCl)C1. The molecule has 102 valence electrons. The van der Waals surface area contributed by atoms with E-state index in [0.717, 1.165) is 12.8 Å². The van der Waals surface area contributed by atoms with Gasteiger partial charge in [-0.1, -0.05) is 20.8 Å². The van der Waals surface area contributed by atoms with Crippen LogP contribution in [-0.2, 0) is 10.0 Å². The van der Waals surface area contributed by atoms with E-state index >= 15 is 0 Å². The van der Waals surface area contributed by atoms with Crippen LogP contribution in [0.3, 0.4) is 0 Å². The van der Waals surface area contributed by atoms with E-state index in [1.807, 2.05) is 6.92 Å². The third kappa shape index (κ3) is 5.58. The molecule has 3 nitrogen and oxygen atoms in total. The Morgan fingerprint density at radius 1 is 1.24 bits per heavy atom. The van der Waals surface area contributed by atoms with E-state index in [4.69, 9.17) is 11.6 Å². The van der Waals surface area contributed by atoms with Crippen molar-refractivity contribution in [2.75, 3.05) is 11.6 Å². The van der Waals surface area contributed by atoms with Crippen LogP contribution in [0.25, 0.3) is 0 Å². The Hall–Kier alpha value is 0.200. The third-order valence-electron chi connectivity index (χ3n) is 3.29. The fourth-order valence-corrected chi connectivity index (χ4v) is 4.67. The molecule has 0 aromatic heterocycles. The molecule has 5 heteroatoms. The van der Waals surface area contributed by atoms with Crippen LogP contribution in [-0.4, -0.2) is 26.1 Å². The zero-order valence-corrected chi connectivity index (χ0v) is 12.5. The molecule has 0 aromatic rings. The van der Waals surface area contributed by atoms with Crippen molar-refractivity contribution in [3.63, 3.8) is 0 Å². The van der Waals surface area contributed by atoms with Gasteiger partial charge in [0, 0.05) is 11.9 Å². The molecule has 1 aliphatic carbocycles. The Morgan fingerprint density at radius 2 is 1.76 bits per heavy atom. The second-order valence-corrected chi connectivity index (χ2v) is 7.88. The zero-order chi connectivity index (χ0) is 13.1. The van der Waals surface area contributed by atoms with Gasteiger partial charge in [0.25, 0.3) is 0 Å². The van der Waals surface area contributed by atoms with Gasteiger partial charge in [0.2, 0.25) is 10.0 Å². The monoisotopic (exact) mass is 281 g/mol. The molecule has 1 fully saturated rings. The summed E-state index contributed by atoms with van der Waals surface area (Å²) in [5, 5.41) is 0. The molecular weight excluding hydrogens is 258 g/mol. The van der Waals surface area contributed by atoms with E-state index in [9.17, 15) is 8.42 Å². The van der Waals surface area contributed by atoms with Crippen molar-refractivity contribution in [2.24, 2.45) is 17.8 Å². The fourth-order valence-electron chi connectivity index (χ4n) is 2.76. The number of hydrogen-bond acceptors (Lipinski definition) is 2. The van der Waals surface area contributed by atoms with Gasteiger partial charge in [-0.05, 0) is 37.0 Å². The first kappa shape index (κ1) is 15.3. The molecule has 0 aliphatic heterocycles. The van der Waals surface area contributed by atoms with Crippen LogP contribution in [0.4, 0.5) is 0 Å². The topological polar surface area (TPSA) is 46.2 Å². The molecule has 0 aromatic carbocycles. The highest BCUT2D eigenvalue weighted by molar-refractivity contribution is 7.89. The van der Waals surface area contributed by atoms with Crippen LogP contribution in [0.1, 0.15) is 40.0 Å². The lowest BCUT2D eigenvalue weighted by Gasteiger charge is -2.31. The molecule has 1 saturated carbocycles. The van der Waals surface area contributed by atoms with Gasteiger partial charge in [0.15, 0.2) is 0 Å². The summed E-state index contributed by atoms with van der Waals surface area (Å²) in [5.74, 6) is 1.75. The van der Waals surface area contributed by atoms with E-state index in [1.165, 1.54) is 6.42 Å². The molecule has 0 bridgehead atoms. The summed E-state index contributed by atoms with van der Waals surface area (Å²) < 4.78 is 26.7. The van der Waals surface area contributed by atoms with Gasteiger partial charge in [-0.15, -0.1) is 11.6 Å². The van der Waals surface area contributed by atoms with E-state index in [0.29, 0.717) is 17.7 Å². The van der Waals surface area contributed by atoms with Gasteiger partial charge < -0.3 is 0 Å². The van der Waals surface area contributed by atoms with Crippen LogP contribution in [0, 0.1) is 17.8 Å². The van der Waals surface area contributed by atoms with Crippen LogP contribution in [0.15, 0.2) is 0 Å². The Balaban J connectivity index is 2.52. The van der Waals surface area contributed by atoms with E-state index < -0.39 is 10.0 Å². The molecular formula is C12H24ClNO2S. The summed E-state index contributed by atoms with van der Waals surface area (Å²) in [6.45, 7) is 6.25. The Labute approximate surface area is 110 Å². The average Bonchev–Trinajstić information content (AvgIpc) is 2.13. The van der Waals surface area contributed by atoms with E-state index in [-0.39, 0.29) is 17.7 Å². The van der Waals surface area contributed by atoms with Gasteiger partial charge in [-0.3, -0.25) is 0 Å². The number of nitrogens with one attached hydrogen (secondary N) is 1. The van der Waals surface area contributed by atoms with Crippen LogP contribution < -0.4 is 4.72 Å². The Kier molecular flexibility index (Phi) is 5.74. The second kappa shape index (κ2) is 6.39. The maximum absolute atomic E-state index is 11.9. The zero-order valence-electron chi connectivity index (χ0n) is 10.9.